The van der Waals surface area contributed by atoms with Gasteiger partial charge in [-0.1, -0.05) is 24.3 Å². The highest BCUT2D eigenvalue weighted by Crippen LogP contribution is 2.41. The van der Waals surface area contributed by atoms with E-state index < -0.39 is 5.97 Å². The number of benzene rings is 3. The zero-order valence-corrected chi connectivity index (χ0v) is 20.5. The molecule has 0 bridgehead atoms. The molecule has 1 atom stereocenters. The van der Waals surface area contributed by atoms with Crippen LogP contribution in [0.3, 0.4) is 0 Å². The van der Waals surface area contributed by atoms with Gasteiger partial charge in [0.05, 0.1) is 12.7 Å². The van der Waals surface area contributed by atoms with Crippen molar-refractivity contribution in [2.24, 2.45) is 0 Å². The summed E-state index contributed by atoms with van der Waals surface area (Å²) >= 11 is 0. The fourth-order valence-electron chi connectivity index (χ4n) is 4.02. The Morgan fingerprint density at radius 3 is 1.79 bits per heavy atom. The third-order valence-corrected chi connectivity index (χ3v) is 5.87. The van der Waals surface area contributed by atoms with Crippen LogP contribution in [0.5, 0.6) is 5.75 Å². The molecular weight excluding hydrogens is 414 g/mol. The van der Waals surface area contributed by atoms with Crippen molar-refractivity contribution in [3.8, 4) is 5.75 Å². The molecule has 0 aliphatic carbocycles. The van der Waals surface area contributed by atoms with Gasteiger partial charge in [-0.15, -0.1) is 0 Å². The number of rotatable bonds is 8. The number of anilines is 3. The van der Waals surface area contributed by atoms with E-state index in [9.17, 15) is 9.90 Å². The van der Waals surface area contributed by atoms with Gasteiger partial charge in [0.15, 0.2) is 0 Å². The van der Waals surface area contributed by atoms with Crippen LogP contribution in [0.2, 0.25) is 0 Å². The topological polar surface area (TPSA) is 56.2 Å². The molecule has 0 radical (unpaired) electrons. The average Bonchev–Trinajstić information content (AvgIpc) is 2.79. The van der Waals surface area contributed by atoms with Crippen LogP contribution in [0.1, 0.15) is 33.0 Å². The van der Waals surface area contributed by atoms with Crippen LogP contribution in [0, 0.1) is 0 Å². The Morgan fingerprint density at radius 2 is 1.30 bits per heavy atom. The largest absolute Gasteiger partial charge is 0.497 e. The normalized spacial score (nSPS) is 11.6. The quantitative estimate of drug-likeness (QED) is 0.502. The number of hydrogen-bond acceptors (Lipinski definition) is 5. The number of nitrogens with zero attached hydrogens (tertiary/aromatic N) is 3. The van der Waals surface area contributed by atoms with E-state index >= 15 is 0 Å². The molecular formula is C27H33N3O3. The van der Waals surface area contributed by atoms with Crippen molar-refractivity contribution in [3.63, 3.8) is 0 Å². The van der Waals surface area contributed by atoms with E-state index in [1.165, 1.54) is 0 Å². The molecule has 0 fully saturated rings. The molecule has 0 saturated carbocycles. The first kappa shape index (κ1) is 24.0. The Hall–Kier alpha value is -3.67. The highest BCUT2D eigenvalue weighted by molar-refractivity contribution is 5.91. The molecule has 0 spiro atoms. The summed E-state index contributed by atoms with van der Waals surface area (Å²) in [4.78, 5) is 18.4. The van der Waals surface area contributed by atoms with E-state index in [1.807, 2.05) is 83.6 Å². The number of ether oxygens (including phenoxy) is 1. The molecule has 33 heavy (non-hydrogen) atoms. The van der Waals surface area contributed by atoms with Gasteiger partial charge in [0.25, 0.3) is 0 Å². The van der Waals surface area contributed by atoms with E-state index in [0.29, 0.717) is 5.56 Å². The second-order valence-electron chi connectivity index (χ2n) is 8.71. The number of carboxylic acid groups (broad SMARTS) is 1. The first-order valence-electron chi connectivity index (χ1n) is 10.8. The fourth-order valence-corrected chi connectivity index (χ4v) is 4.02. The molecule has 1 unspecified atom stereocenters. The lowest BCUT2D eigenvalue weighted by molar-refractivity contribution is 0.0695. The van der Waals surface area contributed by atoms with E-state index in [1.54, 1.807) is 13.2 Å². The first-order chi connectivity index (χ1) is 15.6. The third kappa shape index (κ3) is 5.06. The molecule has 0 aliphatic heterocycles. The van der Waals surface area contributed by atoms with Crippen LogP contribution in [-0.4, -0.2) is 60.5 Å². The van der Waals surface area contributed by atoms with Crippen molar-refractivity contribution >= 4 is 23.0 Å². The summed E-state index contributed by atoms with van der Waals surface area (Å²) in [5.41, 5.74) is 6.04. The molecule has 6 nitrogen and oxygen atoms in total. The van der Waals surface area contributed by atoms with Crippen molar-refractivity contribution in [1.82, 2.24) is 0 Å². The molecule has 3 aromatic rings. The lowest BCUT2D eigenvalue weighted by atomic mass is 9.81. The predicted octanol–water partition coefficient (Wildman–Crippen LogP) is 4.77. The van der Waals surface area contributed by atoms with E-state index in [2.05, 4.69) is 28.0 Å². The maximum Gasteiger partial charge on any atom is 0.336 e. The summed E-state index contributed by atoms with van der Waals surface area (Å²) in [5, 5.41) is 10.1. The second-order valence-corrected chi connectivity index (χ2v) is 8.71. The minimum atomic E-state index is -0.941. The van der Waals surface area contributed by atoms with Gasteiger partial charge in [-0.25, -0.2) is 4.79 Å². The lowest BCUT2D eigenvalue weighted by Gasteiger charge is -2.28. The molecule has 6 heteroatoms. The van der Waals surface area contributed by atoms with Crippen LogP contribution in [0.25, 0.3) is 0 Å². The Morgan fingerprint density at radius 1 is 0.758 bits per heavy atom. The molecule has 174 valence electrons. The number of carboxylic acids is 1. The van der Waals surface area contributed by atoms with Gasteiger partial charge in [-0.05, 0) is 53.1 Å². The molecule has 0 aliphatic rings. The van der Waals surface area contributed by atoms with Gasteiger partial charge >= 0.3 is 5.97 Å². The Balaban J connectivity index is 2.32. The van der Waals surface area contributed by atoms with Gasteiger partial charge in [0.2, 0.25) is 0 Å². The van der Waals surface area contributed by atoms with Crippen molar-refractivity contribution in [3.05, 3.63) is 82.9 Å². The number of hydrogen-bond donors (Lipinski definition) is 1. The average molecular weight is 448 g/mol. The Bertz CT molecular complexity index is 1120. The zero-order chi connectivity index (χ0) is 24.3. The van der Waals surface area contributed by atoms with E-state index in [-0.39, 0.29) is 5.92 Å². The first-order valence-corrected chi connectivity index (χ1v) is 10.8. The Kier molecular flexibility index (Phi) is 7.16. The summed E-state index contributed by atoms with van der Waals surface area (Å²) in [6.07, 6.45) is 0. The van der Waals surface area contributed by atoms with E-state index in [0.717, 1.165) is 39.5 Å². The summed E-state index contributed by atoms with van der Waals surface area (Å²) in [5.74, 6) is -0.454. The van der Waals surface area contributed by atoms with Gasteiger partial charge in [0, 0.05) is 65.3 Å². The number of aromatic carboxylic acids is 1. The standard InChI is InChI=1S/C27H33N3O3/c1-28(2)19-10-14-22(24(16-19)27(31)32)26(18-8-12-21(33-7)13-9-18)23-15-11-20(29(3)4)17-25(23)30(5)6/h8-17,26H,1-7H3,(H,31,32). The zero-order valence-electron chi connectivity index (χ0n) is 20.5. The van der Waals surface area contributed by atoms with Crippen molar-refractivity contribution in [2.75, 3.05) is 64.1 Å². The monoisotopic (exact) mass is 447 g/mol. The SMILES string of the molecule is COc1ccc(C(c2ccc(N(C)C)cc2C(=O)O)c2ccc(N(C)C)cc2N(C)C)cc1. The van der Waals surface area contributed by atoms with Crippen LogP contribution < -0.4 is 19.4 Å². The number of carbonyl (C=O) groups is 1. The van der Waals surface area contributed by atoms with Gasteiger partial charge in [-0.3, -0.25) is 0 Å². The van der Waals surface area contributed by atoms with Crippen LogP contribution in [0.15, 0.2) is 60.7 Å². The van der Waals surface area contributed by atoms with Crippen LogP contribution in [-0.2, 0) is 0 Å². The second kappa shape index (κ2) is 9.86. The molecule has 3 aromatic carbocycles. The molecule has 1 N–H and O–H groups in total. The van der Waals surface area contributed by atoms with Crippen LogP contribution >= 0.6 is 0 Å². The molecule has 0 amide bonds. The Labute approximate surface area is 196 Å². The van der Waals surface area contributed by atoms with Crippen LogP contribution in [0.4, 0.5) is 17.1 Å². The summed E-state index contributed by atoms with van der Waals surface area (Å²) < 4.78 is 5.36. The maximum atomic E-state index is 12.4. The highest BCUT2D eigenvalue weighted by Gasteiger charge is 2.26. The fraction of sp³-hybridized carbons (Fsp3) is 0.296. The van der Waals surface area contributed by atoms with Gasteiger partial charge in [-0.2, -0.15) is 0 Å². The van der Waals surface area contributed by atoms with Crippen molar-refractivity contribution in [2.45, 2.75) is 5.92 Å². The predicted molar refractivity (Wildman–Crippen MR) is 137 cm³/mol. The summed E-state index contributed by atoms with van der Waals surface area (Å²) in [7, 11) is 13.5. The minimum Gasteiger partial charge on any atom is -0.497 e. The molecule has 0 heterocycles. The van der Waals surface area contributed by atoms with Crippen molar-refractivity contribution in [1.29, 1.82) is 0 Å². The third-order valence-electron chi connectivity index (χ3n) is 5.87. The summed E-state index contributed by atoms with van der Waals surface area (Å²) in [6, 6.07) is 19.8. The molecule has 0 saturated heterocycles. The lowest BCUT2D eigenvalue weighted by Crippen LogP contribution is -2.18. The van der Waals surface area contributed by atoms with Crippen molar-refractivity contribution < 1.29 is 14.6 Å². The maximum absolute atomic E-state index is 12.4. The molecule has 0 aromatic heterocycles. The van der Waals surface area contributed by atoms with Gasteiger partial charge in [0.1, 0.15) is 5.75 Å². The van der Waals surface area contributed by atoms with Gasteiger partial charge < -0.3 is 24.5 Å². The smallest absolute Gasteiger partial charge is 0.336 e. The van der Waals surface area contributed by atoms with E-state index in [4.69, 9.17) is 4.74 Å². The highest BCUT2D eigenvalue weighted by atomic mass is 16.5. The summed E-state index contributed by atoms with van der Waals surface area (Å²) in [6.45, 7) is 0. The molecule has 3 rings (SSSR count). The number of methoxy groups -OCH3 is 1. The minimum absolute atomic E-state index is 0.271.